The molecule has 6 heteroatoms. The van der Waals surface area contributed by atoms with Crippen LogP contribution >= 0.6 is 0 Å². The molecular formula is C18H19N3O3. The predicted octanol–water partition coefficient (Wildman–Crippen LogP) is 2.49. The number of hydrogen-bond donors (Lipinski definition) is 1. The first-order valence-electron chi connectivity index (χ1n) is 8.42. The van der Waals surface area contributed by atoms with Crippen LogP contribution in [0.3, 0.4) is 0 Å². The summed E-state index contributed by atoms with van der Waals surface area (Å²) in [6.07, 6.45) is 6.04. The van der Waals surface area contributed by atoms with E-state index in [2.05, 4.69) is 9.97 Å². The third-order valence-electron chi connectivity index (χ3n) is 5.28. The number of aliphatic carboxylic acids is 1. The molecule has 6 nitrogen and oxygen atoms in total. The molecule has 0 radical (unpaired) electrons. The number of likely N-dealkylation sites (tertiary alicyclic amines) is 1. The van der Waals surface area contributed by atoms with Crippen molar-refractivity contribution in [3.05, 3.63) is 36.2 Å². The lowest BCUT2D eigenvalue weighted by Gasteiger charge is -2.32. The summed E-state index contributed by atoms with van der Waals surface area (Å²) in [6, 6.07) is 6.62. The van der Waals surface area contributed by atoms with Gasteiger partial charge in [0.2, 0.25) is 0 Å². The Bertz CT molecular complexity index is 807. The second-order valence-corrected chi connectivity index (χ2v) is 6.66. The summed E-state index contributed by atoms with van der Waals surface area (Å²) in [7, 11) is 0. The van der Waals surface area contributed by atoms with Gasteiger partial charge in [-0.05, 0) is 37.3 Å². The van der Waals surface area contributed by atoms with Gasteiger partial charge in [0, 0.05) is 6.04 Å². The van der Waals surface area contributed by atoms with Crippen molar-refractivity contribution in [2.75, 3.05) is 0 Å². The monoisotopic (exact) mass is 325 g/mol. The average molecular weight is 325 g/mol. The van der Waals surface area contributed by atoms with Crippen molar-refractivity contribution in [3.8, 4) is 0 Å². The van der Waals surface area contributed by atoms with Crippen LogP contribution in [-0.2, 0) is 4.79 Å². The number of amides is 1. The van der Waals surface area contributed by atoms with Gasteiger partial charge in [-0.25, -0.2) is 9.78 Å². The van der Waals surface area contributed by atoms with Crippen molar-refractivity contribution in [1.29, 1.82) is 0 Å². The lowest BCUT2D eigenvalue weighted by molar-refractivity contribution is -0.141. The Kier molecular flexibility index (Phi) is 3.67. The Morgan fingerprint density at radius 1 is 1.12 bits per heavy atom. The number of aromatic nitrogens is 2. The summed E-state index contributed by atoms with van der Waals surface area (Å²) in [5, 5.41) is 9.57. The number of para-hydroxylation sites is 2. The summed E-state index contributed by atoms with van der Waals surface area (Å²) in [6.45, 7) is 0. The molecule has 2 heterocycles. The average Bonchev–Trinajstić information content (AvgIpc) is 3.00. The fourth-order valence-electron chi connectivity index (χ4n) is 4.17. The van der Waals surface area contributed by atoms with E-state index >= 15 is 0 Å². The number of benzene rings is 1. The third-order valence-corrected chi connectivity index (χ3v) is 5.28. The van der Waals surface area contributed by atoms with Crippen molar-refractivity contribution < 1.29 is 14.7 Å². The van der Waals surface area contributed by atoms with Gasteiger partial charge < -0.3 is 10.0 Å². The molecule has 1 saturated carbocycles. The number of carboxylic acids is 1. The maximum atomic E-state index is 13.0. The van der Waals surface area contributed by atoms with Crippen molar-refractivity contribution in [2.45, 2.75) is 44.2 Å². The molecule has 124 valence electrons. The first kappa shape index (κ1) is 15.1. The van der Waals surface area contributed by atoms with Gasteiger partial charge in [0.15, 0.2) is 0 Å². The van der Waals surface area contributed by atoms with Crippen LogP contribution in [0.25, 0.3) is 11.0 Å². The van der Waals surface area contributed by atoms with E-state index < -0.39 is 12.0 Å². The van der Waals surface area contributed by atoms with Crippen LogP contribution < -0.4 is 0 Å². The van der Waals surface area contributed by atoms with Crippen LogP contribution in [-0.4, -0.2) is 43.9 Å². The van der Waals surface area contributed by atoms with Gasteiger partial charge in [0.1, 0.15) is 11.7 Å². The maximum Gasteiger partial charge on any atom is 0.326 e. The predicted molar refractivity (Wildman–Crippen MR) is 87.5 cm³/mol. The number of hydrogen-bond acceptors (Lipinski definition) is 4. The second-order valence-electron chi connectivity index (χ2n) is 6.66. The van der Waals surface area contributed by atoms with Crippen LogP contribution in [0.1, 0.15) is 42.6 Å². The number of carbonyl (C=O) groups excluding carboxylic acids is 1. The number of rotatable bonds is 2. The van der Waals surface area contributed by atoms with Crippen molar-refractivity contribution in [1.82, 2.24) is 14.9 Å². The number of carbonyl (C=O) groups is 2. The molecule has 2 aromatic rings. The van der Waals surface area contributed by atoms with Crippen molar-refractivity contribution in [2.24, 2.45) is 5.92 Å². The summed E-state index contributed by atoms with van der Waals surface area (Å²) in [4.78, 5) is 34.9. The second kappa shape index (κ2) is 5.85. The zero-order chi connectivity index (χ0) is 16.7. The standard InChI is InChI=1S/C18H19N3O3/c22-17(14-10-19-12-6-2-3-7-13(12)20-14)21-15-8-4-1-5-11(15)9-16(21)18(23)24/h2-3,6-7,10-11,15-16H,1,4-5,8-9H2,(H,23,24)/t11-,15-,16-/m0/s1. The topological polar surface area (TPSA) is 83.4 Å². The fourth-order valence-corrected chi connectivity index (χ4v) is 4.17. The van der Waals surface area contributed by atoms with Crippen molar-refractivity contribution >= 4 is 22.9 Å². The van der Waals surface area contributed by atoms with E-state index in [1.807, 2.05) is 18.2 Å². The van der Waals surface area contributed by atoms with E-state index in [1.54, 1.807) is 11.0 Å². The molecule has 24 heavy (non-hydrogen) atoms. The maximum absolute atomic E-state index is 13.0. The van der Waals surface area contributed by atoms with E-state index in [-0.39, 0.29) is 23.6 Å². The van der Waals surface area contributed by atoms with Crippen LogP contribution in [0.5, 0.6) is 0 Å². The molecule has 0 bridgehead atoms. The minimum absolute atomic E-state index is 0.0145. The highest BCUT2D eigenvalue weighted by atomic mass is 16.4. The molecule has 1 amide bonds. The molecule has 0 unspecified atom stereocenters. The molecule has 1 aromatic heterocycles. The van der Waals surface area contributed by atoms with E-state index in [4.69, 9.17) is 0 Å². The summed E-state index contributed by atoms with van der Waals surface area (Å²) in [5.74, 6) is -0.946. The first-order valence-corrected chi connectivity index (χ1v) is 8.42. The Morgan fingerprint density at radius 2 is 1.88 bits per heavy atom. The SMILES string of the molecule is O=C(O)[C@@H]1C[C@@H]2CCCC[C@@H]2N1C(=O)c1cnc2ccccc2n1. The lowest BCUT2D eigenvalue weighted by atomic mass is 9.84. The van der Waals surface area contributed by atoms with E-state index in [0.717, 1.165) is 31.2 Å². The third kappa shape index (κ3) is 2.42. The molecule has 2 aliphatic rings. The highest BCUT2D eigenvalue weighted by Crippen LogP contribution is 2.40. The Balaban J connectivity index is 1.70. The zero-order valence-electron chi connectivity index (χ0n) is 13.3. The Labute approximate surface area is 139 Å². The van der Waals surface area contributed by atoms with Gasteiger partial charge in [-0.15, -0.1) is 0 Å². The van der Waals surface area contributed by atoms with Gasteiger partial charge in [0.05, 0.1) is 17.2 Å². The Hall–Kier alpha value is -2.50. The molecule has 1 aromatic carbocycles. The normalized spacial score (nSPS) is 26.3. The largest absolute Gasteiger partial charge is 0.480 e. The first-order chi connectivity index (χ1) is 11.6. The minimum Gasteiger partial charge on any atom is -0.480 e. The molecule has 2 fully saturated rings. The van der Waals surface area contributed by atoms with Crippen LogP contribution in [0, 0.1) is 5.92 Å². The van der Waals surface area contributed by atoms with Gasteiger partial charge >= 0.3 is 5.97 Å². The van der Waals surface area contributed by atoms with Gasteiger partial charge in [-0.2, -0.15) is 0 Å². The highest BCUT2D eigenvalue weighted by Gasteiger charge is 2.48. The molecule has 4 rings (SSSR count). The van der Waals surface area contributed by atoms with Crippen LogP contribution in [0.4, 0.5) is 0 Å². The fraction of sp³-hybridized carbons (Fsp3) is 0.444. The van der Waals surface area contributed by atoms with Crippen LogP contribution in [0.15, 0.2) is 30.5 Å². The zero-order valence-corrected chi connectivity index (χ0v) is 13.3. The van der Waals surface area contributed by atoms with E-state index in [1.165, 1.54) is 6.20 Å². The molecule has 0 spiro atoms. The van der Waals surface area contributed by atoms with Gasteiger partial charge in [0.25, 0.3) is 5.91 Å². The molecule has 1 N–H and O–H groups in total. The summed E-state index contributed by atoms with van der Waals surface area (Å²) >= 11 is 0. The highest BCUT2D eigenvalue weighted by molar-refractivity contribution is 5.96. The molecule has 3 atom stereocenters. The molecule has 1 saturated heterocycles. The molecular weight excluding hydrogens is 306 g/mol. The summed E-state index contributed by atoms with van der Waals surface area (Å²) in [5.41, 5.74) is 1.60. The van der Waals surface area contributed by atoms with Gasteiger partial charge in [-0.3, -0.25) is 9.78 Å². The molecule has 1 aliphatic carbocycles. The van der Waals surface area contributed by atoms with Crippen LogP contribution in [0.2, 0.25) is 0 Å². The number of nitrogens with zero attached hydrogens (tertiary/aromatic N) is 3. The summed E-state index contributed by atoms with van der Waals surface area (Å²) < 4.78 is 0. The van der Waals surface area contributed by atoms with E-state index in [9.17, 15) is 14.7 Å². The number of carboxylic acid groups (broad SMARTS) is 1. The van der Waals surface area contributed by atoms with Crippen molar-refractivity contribution in [3.63, 3.8) is 0 Å². The van der Waals surface area contributed by atoms with E-state index in [0.29, 0.717) is 11.9 Å². The Morgan fingerprint density at radius 3 is 2.67 bits per heavy atom. The van der Waals surface area contributed by atoms with Gasteiger partial charge in [-0.1, -0.05) is 25.0 Å². The minimum atomic E-state index is -0.925. The number of fused-ring (bicyclic) bond motifs is 2. The molecule has 1 aliphatic heterocycles. The smallest absolute Gasteiger partial charge is 0.326 e. The quantitative estimate of drug-likeness (QED) is 0.917. The lowest BCUT2D eigenvalue weighted by Crippen LogP contribution is -2.46.